The molecule has 1 rings (SSSR count). The van der Waals surface area contributed by atoms with Crippen LogP contribution in [0.15, 0.2) is 5.10 Å². The van der Waals surface area contributed by atoms with Gasteiger partial charge in [-0.05, 0) is 0 Å². The van der Waals surface area contributed by atoms with E-state index >= 15 is 0 Å². The Morgan fingerprint density at radius 3 is 3.12 bits per heavy atom. The van der Waals surface area contributed by atoms with Gasteiger partial charge in [0.15, 0.2) is 0 Å². The van der Waals surface area contributed by atoms with Crippen LogP contribution in [0.4, 0.5) is 0 Å². The Balaban J connectivity index is 2.41. The van der Waals surface area contributed by atoms with Gasteiger partial charge in [0.1, 0.15) is 0 Å². The Labute approximate surface area is 47.4 Å². The number of nitrogens with zero attached hydrogens (tertiary/aromatic N) is 3. The second-order valence-corrected chi connectivity index (χ2v) is 1.45. The molecule has 0 radical (unpaired) electrons. The molecule has 0 saturated carbocycles. The van der Waals surface area contributed by atoms with Crippen molar-refractivity contribution in [3.63, 3.8) is 0 Å². The summed E-state index contributed by atoms with van der Waals surface area (Å²) in [6, 6.07) is 0. The van der Waals surface area contributed by atoms with Crippen LogP contribution in [-0.2, 0) is 0 Å². The van der Waals surface area contributed by atoms with E-state index in [2.05, 4.69) is 10.6 Å². The average Bonchev–Trinajstić information content (AvgIpc) is 1.90. The fraction of sp³-hybridized carbons (Fsp3) is 0.500. The normalized spacial score (nSPS) is 17.1. The number of hydrogen-bond donors (Lipinski definition) is 1. The van der Waals surface area contributed by atoms with E-state index in [1.54, 1.807) is 6.21 Å². The molecule has 4 nitrogen and oxygen atoms in total. The van der Waals surface area contributed by atoms with Gasteiger partial charge in [0, 0.05) is 12.6 Å². The fourth-order valence-electron chi connectivity index (χ4n) is 0.484. The minimum Gasteiger partial charge on any atom is -0.210 e. The lowest BCUT2D eigenvalue weighted by Crippen LogP contribution is -2.33. The van der Waals surface area contributed by atoms with Crippen LogP contribution in [-0.4, -0.2) is 17.8 Å². The highest BCUT2D eigenvalue weighted by Gasteiger charge is 1.99. The molecule has 1 N–H and O–H groups in total. The standard InChI is InChI=1S/C4H6N4/c5-4-8-3-1-2-6-7-8/h2,7H,1,3H2. The summed E-state index contributed by atoms with van der Waals surface area (Å²) in [4.78, 5) is 0. The van der Waals surface area contributed by atoms with Crippen molar-refractivity contribution in [3.05, 3.63) is 0 Å². The van der Waals surface area contributed by atoms with E-state index in [1.165, 1.54) is 5.01 Å². The molecule has 1 aliphatic heterocycles. The second-order valence-electron chi connectivity index (χ2n) is 1.45. The smallest absolute Gasteiger partial charge is 0.201 e. The summed E-state index contributed by atoms with van der Waals surface area (Å²) < 4.78 is 0. The van der Waals surface area contributed by atoms with Gasteiger partial charge in [-0.1, -0.05) is 0 Å². The minimum atomic E-state index is 0.722. The molecule has 8 heavy (non-hydrogen) atoms. The Hall–Kier alpha value is -1.24. The first-order valence-corrected chi connectivity index (χ1v) is 2.38. The zero-order valence-corrected chi connectivity index (χ0v) is 4.33. The number of hydrazine groups is 1. The summed E-state index contributed by atoms with van der Waals surface area (Å²) in [5, 5.41) is 13.3. The van der Waals surface area contributed by atoms with Crippen molar-refractivity contribution in [1.29, 1.82) is 5.26 Å². The molecule has 0 unspecified atom stereocenters. The Kier molecular flexibility index (Phi) is 1.33. The van der Waals surface area contributed by atoms with Crippen molar-refractivity contribution in [3.8, 4) is 6.19 Å². The number of hydrogen-bond acceptors (Lipinski definition) is 4. The van der Waals surface area contributed by atoms with Crippen molar-refractivity contribution in [2.24, 2.45) is 5.10 Å². The van der Waals surface area contributed by atoms with Crippen LogP contribution in [0.3, 0.4) is 0 Å². The van der Waals surface area contributed by atoms with Gasteiger partial charge < -0.3 is 0 Å². The molecule has 0 fully saturated rings. The molecular weight excluding hydrogens is 104 g/mol. The highest BCUT2D eigenvalue weighted by atomic mass is 15.7. The molecule has 0 saturated heterocycles. The van der Waals surface area contributed by atoms with Gasteiger partial charge in [-0.2, -0.15) is 10.4 Å². The third kappa shape index (κ3) is 0.877. The van der Waals surface area contributed by atoms with Crippen LogP contribution in [0.2, 0.25) is 0 Å². The number of nitriles is 1. The zero-order chi connectivity index (χ0) is 5.82. The third-order valence-corrected chi connectivity index (χ3v) is 0.872. The van der Waals surface area contributed by atoms with Gasteiger partial charge in [0.05, 0.1) is 6.54 Å². The zero-order valence-electron chi connectivity index (χ0n) is 4.33. The van der Waals surface area contributed by atoms with Crippen molar-refractivity contribution < 1.29 is 0 Å². The van der Waals surface area contributed by atoms with Crippen molar-refractivity contribution >= 4 is 6.21 Å². The Morgan fingerprint density at radius 2 is 2.75 bits per heavy atom. The van der Waals surface area contributed by atoms with Gasteiger partial charge in [0.2, 0.25) is 6.19 Å². The molecule has 0 aromatic heterocycles. The summed E-state index contributed by atoms with van der Waals surface area (Å²) in [7, 11) is 0. The molecule has 0 bridgehead atoms. The van der Waals surface area contributed by atoms with Crippen LogP contribution >= 0.6 is 0 Å². The average molecular weight is 110 g/mol. The first-order chi connectivity index (χ1) is 3.93. The summed E-state index contributed by atoms with van der Waals surface area (Å²) in [5.74, 6) is 0. The molecule has 0 amide bonds. The minimum absolute atomic E-state index is 0.722. The van der Waals surface area contributed by atoms with Gasteiger partial charge in [0.25, 0.3) is 0 Å². The quantitative estimate of drug-likeness (QED) is 0.434. The lowest BCUT2D eigenvalue weighted by atomic mass is 10.4. The predicted octanol–water partition coefficient (Wildman–Crippen LogP) is -0.336. The molecule has 0 aromatic carbocycles. The molecule has 0 aliphatic carbocycles. The summed E-state index contributed by atoms with van der Waals surface area (Å²) in [6.07, 6.45) is 4.50. The highest BCUT2D eigenvalue weighted by Crippen LogP contribution is 1.86. The van der Waals surface area contributed by atoms with E-state index < -0.39 is 0 Å². The van der Waals surface area contributed by atoms with Crippen LogP contribution in [0.1, 0.15) is 6.42 Å². The van der Waals surface area contributed by atoms with Crippen LogP contribution in [0, 0.1) is 11.5 Å². The van der Waals surface area contributed by atoms with Gasteiger partial charge in [-0.25, -0.2) is 10.5 Å². The molecule has 42 valence electrons. The molecule has 0 atom stereocenters. The number of nitrogens with one attached hydrogen (secondary N) is 1. The maximum Gasteiger partial charge on any atom is 0.201 e. The molecule has 4 heteroatoms. The third-order valence-electron chi connectivity index (χ3n) is 0.872. The lowest BCUT2D eigenvalue weighted by molar-refractivity contribution is 0.288. The molecular formula is C4H6N4. The Morgan fingerprint density at radius 1 is 1.88 bits per heavy atom. The number of hydrazone groups is 1. The maximum absolute atomic E-state index is 8.23. The molecule has 1 heterocycles. The van der Waals surface area contributed by atoms with E-state index in [0.29, 0.717) is 0 Å². The van der Waals surface area contributed by atoms with E-state index in [-0.39, 0.29) is 0 Å². The van der Waals surface area contributed by atoms with E-state index in [4.69, 9.17) is 5.26 Å². The fourth-order valence-corrected chi connectivity index (χ4v) is 0.484. The van der Waals surface area contributed by atoms with Crippen molar-refractivity contribution in [2.45, 2.75) is 6.42 Å². The lowest BCUT2D eigenvalue weighted by Gasteiger charge is -2.15. The van der Waals surface area contributed by atoms with E-state index in [9.17, 15) is 0 Å². The number of rotatable bonds is 0. The van der Waals surface area contributed by atoms with E-state index in [0.717, 1.165) is 13.0 Å². The maximum atomic E-state index is 8.23. The van der Waals surface area contributed by atoms with Crippen molar-refractivity contribution in [2.75, 3.05) is 6.54 Å². The Bertz CT molecular complexity index is 133. The summed E-state index contributed by atoms with van der Waals surface area (Å²) >= 11 is 0. The first kappa shape index (κ1) is 4.91. The van der Waals surface area contributed by atoms with E-state index in [1.807, 2.05) is 6.19 Å². The van der Waals surface area contributed by atoms with Gasteiger partial charge in [-0.15, -0.1) is 0 Å². The molecule has 0 spiro atoms. The monoisotopic (exact) mass is 110 g/mol. The summed E-state index contributed by atoms with van der Waals surface area (Å²) in [5.41, 5.74) is 2.51. The van der Waals surface area contributed by atoms with Crippen LogP contribution in [0.5, 0.6) is 0 Å². The van der Waals surface area contributed by atoms with Crippen LogP contribution < -0.4 is 5.53 Å². The molecule has 1 aliphatic rings. The topological polar surface area (TPSA) is 51.4 Å². The summed E-state index contributed by atoms with van der Waals surface area (Å²) in [6.45, 7) is 0.722. The van der Waals surface area contributed by atoms with Gasteiger partial charge >= 0.3 is 0 Å². The predicted molar refractivity (Wildman–Crippen MR) is 28.6 cm³/mol. The SMILES string of the molecule is N#CN1CCC=NN1. The largest absolute Gasteiger partial charge is 0.210 e. The van der Waals surface area contributed by atoms with Crippen molar-refractivity contribution in [1.82, 2.24) is 10.5 Å². The van der Waals surface area contributed by atoms with Gasteiger partial charge in [-0.3, -0.25) is 0 Å². The van der Waals surface area contributed by atoms with Crippen LogP contribution in [0.25, 0.3) is 0 Å². The second kappa shape index (κ2) is 2.17. The molecule has 0 aromatic rings. The highest BCUT2D eigenvalue weighted by molar-refractivity contribution is 5.57. The first-order valence-electron chi connectivity index (χ1n) is 2.38.